The molecule has 1 atom stereocenters. The van der Waals surface area contributed by atoms with Gasteiger partial charge in [0.2, 0.25) is 17.6 Å². The molecule has 176 valence electrons. The number of imide groups is 1. The van der Waals surface area contributed by atoms with Gasteiger partial charge in [0.1, 0.15) is 11.5 Å². The van der Waals surface area contributed by atoms with E-state index in [4.69, 9.17) is 9.47 Å². The number of ether oxygens (including phenoxy) is 2. The fourth-order valence-corrected chi connectivity index (χ4v) is 5.20. The summed E-state index contributed by atoms with van der Waals surface area (Å²) in [7, 11) is 2.95. The quantitative estimate of drug-likeness (QED) is 0.301. The molecule has 3 aromatic rings. The van der Waals surface area contributed by atoms with E-state index in [0.29, 0.717) is 0 Å². The van der Waals surface area contributed by atoms with Crippen LogP contribution < -0.4 is 0 Å². The first-order chi connectivity index (χ1) is 16.5. The van der Waals surface area contributed by atoms with Crippen molar-refractivity contribution in [2.24, 2.45) is 0 Å². The van der Waals surface area contributed by atoms with Gasteiger partial charge in [0.05, 0.1) is 6.54 Å². The molecule has 2 amide bonds. The highest BCUT2D eigenvalue weighted by Crippen LogP contribution is 2.51. The molecule has 0 saturated carbocycles. The molecule has 4 rings (SSSR count). The number of nitrogens with zero attached hydrogens (tertiary/aromatic N) is 1. The Morgan fingerprint density at radius 1 is 0.735 bits per heavy atom. The molecule has 0 spiro atoms. The minimum Gasteiger partial charge on any atom is -0.386 e. The van der Waals surface area contributed by atoms with Gasteiger partial charge in [-0.2, -0.15) is 0 Å². The van der Waals surface area contributed by atoms with Gasteiger partial charge in [-0.3, -0.25) is 14.5 Å². The van der Waals surface area contributed by atoms with Gasteiger partial charge < -0.3 is 14.6 Å². The van der Waals surface area contributed by atoms with Gasteiger partial charge in [-0.1, -0.05) is 91.0 Å². The molecule has 1 aliphatic rings. The topological polar surface area (TPSA) is 76.1 Å². The lowest BCUT2D eigenvalue weighted by molar-refractivity contribution is -0.284. The van der Waals surface area contributed by atoms with Crippen molar-refractivity contribution in [3.63, 3.8) is 0 Å². The molecule has 6 heteroatoms. The van der Waals surface area contributed by atoms with Crippen LogP contribution in [0.4, 0.5) is 0 Å². The van der Waals surface area contributed by atoms with Crippen molar-refractivity contribution in [3.8, 4) is 0 Å². The van der Waals surface area contributed by atoms with Crippen molar-refractivity contribution < 1.29 is 24.2 Å². The van der Waals surface area contributed by atoms with Crippen molar-refractivity contribution in [3.05, 3.63) is 108 Å². The van der Waals surface area contributed by atoms with Gasteiger partial charge in [-0.05, 0) is 16.7 Å². The van der Waals surface area contributed by atoms with Gasteiger partial charge in [0.25, 0.3) is 0 Å². The number of β-amino-alcohol motifs (C(OH)–C–C–N with tert-alkyl or cyclic N) is 1. The lowest BCUT2D eigenvalue weighted by Gasteiger charge is -2.52. The molecule has 34 heavy (non-hydrogen) atoms. The second-order valence-corrected chi connectivity index (χ2v) is 8.34. The number of benzene rings is 3. The molecule has 1 N–H and O–H groups in total. The van der Waals surface area contributed by atoms with Crippen LogP contribution in [0, 0.1) is 0 Å². The van der Waals surface area contributed by atoms with Crippen LogP contribution in [0.15, 0.2) is 91.0 Å². The number of aliphatic hydroxyl groups is 1. The molecule has 0 bridgehead atoms. The Kier molecular flexibility index (Phi) is 6.93. The van der Waals surface area contributed by atoms with Gasteiger partial charge in [-0.25, -0.2) is 0 Å². The number of hydrogen-bond acceptors (Lipinski definition) is 5. The minimum absolute atomic E-state index is 0.139. The predicted octanol–water partition coefficient (Wildman–Crippen LogP) is 3.52. The van der Waals surface area contributed by atoms with E-state index in [1.807, 2.05) is 91.0 Å². The Labute approximate surface area is 199 Å². The van der Waals surface area contributed by atoms with Crippen LogP contribution in [0.25, 0.3) is 0 Å². The van der Waals surface area contributed by atoms with Crippen LogP contribution in [-0.4, -0.2) is 54.5 Å². The number of likely N-dealkylation sites (tertiary alicyclic amines) is 1. The summed E-state index contributed by atoms with van der Waals surface area (Å²) < 4.78 is 12.3. The highest BCUT2D eigenvalue weighted by molar-refractivity contribution is 6.01. The third-order valence-electron chi connectivity index (χ3n) is 6.70. The molecule has 1 fully saturated rings. The van der Waals surface area contributed by atoms with E-state index in [2.05, 4.69) is 0 Å². The summed E-state index contributed by atoms with van der Waals surface area (Å²) in [4.78, 5) is 25.9. The molecule has 3 aromatic carbocycles. The summed E-state index contributed by atoms with van der Waals surface area (Å²) in [6.07, 6.45) is -1.09. The summed E-state index contributed by atoms with van der Waals surface area (Å²) in [5, 5.41) is 11.8. The first-order valence-electron chi connectivity index (χ1n) is 11.3. The van der Waals surface area contributed by atoms with E-state index < -0.39 is 17.3 Å². The molecular weight excluding hydrogens is 430 g/mol. The monoisotopic (exact) mass is 459 g/mol. The molecule has 1 unspecified atom stereocenters. The van der Waals surface area contributed by atoms with Crippen molar-refractivity contribution >= 4 is 11.8 Å². The van der Waals surface area contributed by atoms with Crippen molar-refractivity contribution in [1.29, 1.82) is 0 Å². The molecule has 6 nitrogen and oxygen atoms in total. The van der Waals surface area contributed by atoms with Crippen molar-refractivity contribution in [2.75, 3.05) is 20.8 Å². The van der Waals surface area contributed by atoms with E-state index >= 15 is 0 Å². The van der Waals surface area contributed by atoms with Crippen molar-refractivity contribution in [1.82, 2.24) is 4.90 Å². The van der Waals surface area contributed by atoms with Gasteiger partial charge >= 0.3 is 0 Å². The maximum absolute atomic E-state index is 12.4. The first kappa shape index (κ1) is 23.8. The Morgan fingerprint density at radius 3 is 1.41 bits per heavy atom. The largest absolute Gasteiger partial charge is 0.386 e. The summed E-state index contributed by atoms with van der Waals surface area (Å²) in [5.41, 5.74) is 1.34. The average Bonchev–Trinajstić information content (AvgIpc) is 3.21. The number of hydrogen-bond donors (Lipinski definition) is 1. The van der Waals surface area contributed by atoms with Gasteiger partial charge in [0, 0.05) is 27.1 Å². The lowest BCUT2D eigenvalue weighted by atomic mass is 9.62. The van der Waals surface area contributed by atoms with Crippen LogP contribution in [-0.2, 0) is 24.5 Å². The predicted molar refractivity (Wildman–Crippen MR) is 128 cm³/mol. The Balaban J connectivity index is 2.02. The van der Waals surface area contributed by atoms with Crippen LogP contribution in [0.2, 0.25) is 0 Å². The maximum Gasteiger partial charge on any atom is 0.229 e. The smallest absolute Gasteiger partial charge is 0.229 e. The summed E-state index contributed by atoms with van der Waals surface area (Å²) in [6, 6.07) is 29.1. The minimum atomic E-state index is -1.69. The molecule has 1 aliphatic heterocycles. The van der Waals surface area contributed by atoms with Crippen molar-refractivity contribution in [2.45, 2.75) is 30.1 Å². The Morgan fingerprint density at radius 2 is 1.09 bits per heavy atom. The van der Waals surface area contributed by atoms with Crippen LogP contribution in [0.5, 0.6) is 0 Å². The van der Waals surface area contributed by atoms with E-state index in [-0.39, 0.29) is 31.2 Å². The van der Waals surface area contributed by atoms with E-state index in [9.17, 15) is 14.7 Å². The van der Waals surface area contributed by atoms with Crippen LogP contribution >= 0.6 is 0 Å². The average molecular weight is 460 g/mol. The van der Waals surface area contributed by atoms with Gasteiger partial charge in [0.15, 0.2) is 0 Å². The molecular formula is C28H29NO5. The zero-order valence-corrected chi connectivity index (χ0v) is 19.4. The number of aliphatic hydroxyl groups excluding tert-OH is 1. The number of amides is 2. The fraction of sp³-hybridized carbons (Fsp3) is 0.286. The third kappa shape index (κ3) is 3.74. The second kappa shape index (κ2) is 9.89. The number of carbonyl (C=O) groups excluding carboxylic acids is 2. The summed E-state index contributed by atoms with van der Waals surface area (Å²) in [5.74, 6) is -2.31. The highest BCUT2D eigenvalue weighted by atomic mass is 16.7. The first-order valence-corrected chi connectivity index (χ1v) is 11.3. The molecule has 1 saturated heterocycles. The molecule has 0 radical (unpaired) electrons. The molecule has 1 heterocycles. The number of methoxy groups -OCH3 is 2. The van der Waals surface area contributed by atoms with Gasteiger partial charge in [-0.15, -0.1) is 0 Å². The lowest BCUT2D eigenvalue weighted by Crippen LogP contribution is -2.65. The van der Waals surface area contributed by atoms with Crippen LogP contribution in [0.3, 0.4) is 0 Å². The maximum atomic E-state index is 12.4. The van der Waals surface area contributed by atoms with E-state index in [1.165, 1.54) is 14.2 Å². The SMILES string of the molecule is COC(OC)(C(O)CN1C(=O)CCC1=O)C(c1ccccc1)(c1ccccc1)c1ccccc1. The molecule has 0 aliphatic carbocycles. The number of carbonyl (C=O) groups is 2. The summed E-state index contributed by atoms with van der Waals surface area (Å²) >= 11 is 0. The standard InChI is InChI=1S/C28H29NO5/c1-33-28(34-2,24(30)20-29-25(31)18-19-26(29)32)27(21-12-6-3-7-13-21,22-14-8-4-9-15-22)23-16-10-5-11-17-23/h3-17,24,30H,18-20H2,1-2H3. The highest BCUT2D eigenvalue weighted by Gasteiger charge is 2.61. The van der Waals surface area contributed by atoms with Crippen LogP contribution in [0.1, 0.15) is 29.5 Å². The Bertz CT molecular complexity index is 1000. The fourth-order valence-electron chi connectivity index (χ4n) is 5.20. The summed E-state index contributed by atoms with van der Waals surface area (Å²) in [6.45, 7) is -0.242. The van der Waals surface area contributed by atoms with E-state index in [0.717, 1.165) is 21.6 Å². The zero-order chi connectivity index (χ0) is 24.2. The van der Waals surface area contributed by atoms with E-state index in [1.54, 1.807) is 0 Å². The Hall–Kier alpha value is -3.32. The zero-order valence-electron chi connectivity index (χ0n) is 19.4. The number of rotatable bonds is 9. The second-order valence-electron chi connectivity index (χ2n) is 8.34. The normalized spacial score (nSPS) is 15.6. The third-order valence-corrected chi connectivity index (χ3v) is 6.70. The molecule has 0 aromatic heterocycles.